The second kappa shape index (κ2) is 8.54. The van der Waals surface area contributed by atoms with Gasteiger partial charge >= 0.3 is 0 Å². The van der Waals surface area contributed by atoms with E-state index in [4.69, 9.17) is 9.41 Å². The van der Waals surface area contributed by atoms with E-state index in [9.17, 15) is 0 Å². The van der Waals surface area contributed by atoms with Crippen molar-refractivity contribution in [2.75, 3.05) is 0 Å². The van der Waals surface area contributed by atoms with E-state index in [1.807, 2.05) is 35.7 Å². The van der Waals surface area contributed by atoms with Crippen LogP contribution >= 0.6 is 34.4 Å². The van der Waals surface area contributed by atoms with Gasteiger partial charge in [-0.2, -0.15) is 0 Å². The van der Waals surface area contributed by atoms with Crippen LogP contribution in [0.25, 0.3) is 10.5 Å². The zero-order valence-electron chi connectivity index (χ0n) is 18.9. The molecule has 0 saturated heterocycles. The molecule has 0 aliphatic carbocycles. The minimum absolute atomic E-state index is 0.178. The Balaban J connectivity index is 1.80. The number of thioether (sulfide) groups is 1. The van der Waals surface area contributed by atoms with Crippen LogP contribution in [0.15, 0.2) is 64.0 Å². The van der Waals surface area contributed by atoms with Gasteiger partial charge in [0, 0.05) is 41.1 Å². The van der Waals surface area contributed by atoms with Gasteiger partial charge in [0.05, 0.1) is 0 Å². The van der Waals surface area contributed by atoms with Gasteiger partial charge in [0.2, 0.25) is 0 Å². The zero-order chi connectivity index (χ0) is 22.4. The van der Waals surface area contributed by atoms with Gasteiger partial charge in [0.15, 0.2) is 0 Å². The van der Waals surface area contributed by atoms with Crippen molar-refractivity contribution in [2.45, 2.75) is 40.7 Å². The van der Waals surface area contributed by atoms with Gasteiger partial charge in [0.1, 0.15) is 22.6 Å². The Morgan fingerprint density at radius 1 is 0.781 bits per heavy atom. The maximum absolute atomic E-state index is 6.18. The smallest absolute Gasteiger partial charge is 0.136 e. The van der Waals surface area contributed by atoms with Gasteiger partial charge < -0.3 is 4.42 Å². The lowest BCUT2D eigenvalue weighted by Crippen LogP contribution is -2.11. The third kappa shape index (κ3) is 3.94. The fraction of sp³-hybridized carbons (Fsp3) is 0.222. The molecule has 162 valence electrons. The maximum Gasteiger partial charge on any atom is 0.136 e. The van der Waals surface area contributed by atoms with Crippen LogP contribution in [-0.4, -0.2) is 5.04 Å². The standard InChI is InChI=1S/C27H25NOS3/c1-15-11-12-23(29-15)25-24(21-13-16(2)30-18(21)4)26(22-14-17(3)31-19(22)5)32-27(28-25)20-9-7-6-8-10-20/h6-14,25H,1-5H3. The molecule has 0 radical (unpaired) electrons. The first kappa shape index (κ1) is 21.5. The Morgan fingerprint density at radius 2 is 1.44 bits per heavy atom. The average Bonchev–Trinajstić information content (AvgIpc) is 3.45. The molecule has 4 aromatic rings. The Kier molecular flexibility index (Phi) is 5.74. The molecule has 0 bridgehead atoms. The third-order valence-electron chi connectivity index (χ3n) is 5.63. The molecule has 0 fully saturated rings. The van der Waals surface area contributed by atoms with Crippen LogP contribution in [-0.2, 0) is 0 Å². The predicted molar refractivity (Wildman–Crippen MR) is 141 cm³/mol. The van der Waals surface area contributed by atoms with E-state index in [-0.39, 0.29) is 6.04 Å². The first-order chi connectivity index (χ1) is 15.4. The molecule has 4 heterocycles. The highest BCUT2D eigenvalue weighted by atomic mass is 32.2. The monoisotopic (exact) mass is 475 g/mol. The lowest BCUT2D eigenvalue weighted by Gasteiger charge is -2.26. The molecule has 1 aromatic carbocycles. The molecule has 1 atom stereocenters. The molecule has 3 aromatic heterocycles. The van der Waals surface area contributed by atoms with E-state index in [0.29, 0.717) is 0 Å². The Labute approximate surface area is 201 Å². The highest BCUT2D eigenvalue weighted by molar-refractivity contribution is 8.22. The van der Waals surface area contributed by atoms with E-state index < -0.39 is 0 Å². The highest BCUT2D eigenvalue weighted by Gasteiger charge is 2.33. The fourth-order valence-corrected chi connectivity index (χ4v) is 7.42. The molecular formula is C27H25NOS3. The summed E-state index contributed by atoms with van der Waals surface area (Å²) in [7, 11) is 0. The topological polar surface area (TPSA) is 25.5 Å². The van der Waals surface area contributed by atoms with E-state index in [2.05, 4.69) is 76.2 Å². The second-order valence-electron chi connectivity index (χ2n) is 8.15. The van der Waals surface area contributed by atoms with Crippen LogP contribution < -0.4 is 0 Å². The van der Waals surface area contributed by atoms with Crippen molar-refractivity contribution in [2.24, 2.45) is 4.99 Å². The summed E-state index contributed by atoms with van der Waals surface area (Å²) in [6.45, 7) is 10.8. The second-order valence-corrected chi connectivity index (χ2v) is 12.1. The number of hydrogen-bond donors (Lipinski definition) is 0. The van der Waals surface area contributed by atoms with Crippen LogP contribution in [0.4, 0.5) is 0 Å². The molecule has 1 aliphatic rings. The van der Waals surface area contributed by atoms with Crippen LogP contribution in [0.2, 0.25) is 0 Å². The Morgan fingerprint density at radius 3 is 2.00 bits per heavy atom. The van der Waals surface area contributed by atoms with Crippen molar-refractivity contribution in [3.8, 4) is 0 Å². The maximum atomic E-state index is 6.18. The molecule has 2 nitrogen and oxygen atoms in total. The summed E-state index contributed by atoms with van der Waals surface area (Å²) in [5.41, 5.74) is 5.00. The van der Waals surface area contributed by atoms with E-state index in [1.54, 1.807) is 11.8 Å². The molecule has 0 amide bonds. The summed E-state index contributed by atoms with van der Waals surface area (Å²) in [6.07, 6.45) is 0. The van der Waals surface area contributed by atoms with Crippen molar-refractivity contribution in [3.63, 3.8) is 0 Å². The summed E-state index contributed by atoms with van der Waals surface area (Å²) in [6, 6.07) is 19.1. The third-order valence-corrected chi connectivity index (χ3v) is 8.74. The van der Waals surface area contributed by atoms with Crippen LogP contribution in [0, 0.1) is 34.6 Å². The molecule has 5 rings (SSSR count). The first-order valence-corrected chi connectivity index (χ1v) is 13.1. The Bertz CT molecular complexity index is 1350. The zero-order valence-corrected chi connectivity index (χ0v) is 21.3. The summed E-state index contributed by atoms with van der Waals surface area (Å²) < 4.78 is 6.18. The summed E-state index contributed by atoms with van der Waals surface area (Å²) >= 11 is 5.50. The molecular weight excluding hydrogens is 451 g/mol. The SMILES string of the molecule is Cc1ccc(C2N=C(c3ccccc3)SC(c3cc(C)sc3C)=C2c2cc(C)sc2C)o1. The van der Waals surface area contributed by atoms with Crippen molar-refractivity contribution in [1.82, 2.24) is 0 Å². The number of nitrogens with zero attached hydrogens (tertiary/aromatic N) is 1. The lowest BCUT2D eigenvalue weighted by atomic mass is 9.94. The average molecular weight is 476 g/mol. The normalized spacial score (nSPS) is 16.5. The van der Waals surface area contributed by atoms with Gasteiger partial charge in [-0.3, -0.25) is 4.99 Å². The minimum atomic E-state index is -0.178. The van der Waals surface area contributed by atoms with Crippen molar-refractivity contribution < 1.29 is 4.42 Å². The van der Waals surface area contributed by atoms with Gasteiger partial charge in [0.25, 0.3) is 0 Å². The number of aryl methyl sites for hydroxylation is 5. The largest absolute Gasteiger partial charge is 0.464 e. The minimum Gasteiger partial charge on any atom is -0.464 e. The summed E-state index contributed by atoms with van der Waals surface area (Å²) in [5.74, 6) is 1.81. The van der Waals surface area contributed by atoms with Crippen LogP contribution in [0.1, 0.15) is 53.8 Å². The summed E-state index contributed by atoms with van der Waals surface area (Å²) in [4.78, 5) is 11.9. The number of furan rings is 1. The predicted octanol–water partition coefficient (Wildman–Crippen LogP) is 8.75. The number of hydrogen-bond acceptors (Lipinski definition) is 5. The van der Waals surface area contributed by atoms with Gasteiger partial charge in [-0.15, -0.1) is 22.7 Å². The molecule has 1 aliphatic heterocycles. The number of rotatable bonds is 4. The number of aliphatic imine (C=N–C) groups is 1. The van der Waals surface area contributed by atoms with Crippen molar-refractivity contribution >= 4 is 50.0 Å². The van der Waals surface area contributed by atoms with Crippen LogP contribution in [0.5, 0.6) is 0 Å². The van der Waals surface area contributed by atoms with E-state index >= 15 is 0 Å². The molecule has 0 saturated carbocycles. The number of benzene rings is 1. The van der Waals surface area contributed by atoms with E-state index in [0.717, 1.165) is 22.1 Å². The molecule has 0 spiro atoms. The first-order valence-electron chi connectivity index (χ1n) is 10.7. The van der Waals surface area contributed by atoms with Gasteiger partial charge in [-0.1, -0.05) is 42.1 Å². The van der Waals surface area contributed by atoms with Gasteiger partial charge in [-0.25, -0.2) is 0 Å². The quantitative estimate of drug-likeness (QED) is 0.295. The molecule has 5 heteroatoms. The summed E-state index contributed by atoms with van der Waals surface area (Å²) in [5, 5.41) is 1.04. The number of thiophene rings is 2. The molecule has 32 heavy (non-hydrogen) atoms. The lowest BCUT2D eigenvalue weighted by molar-refractivity contribution is 0.474. The van der Waals surface area contributed by atoms with E-state index in [1.165, 1.54) is 41.1 Å². The fourth-order valence-electron chi connectivity index (χ4n) is 4.23. The highest BCUT2D eigenvalue weighted by Crippen LogP contribution is 2.52. The van der Waals surface area contributed by atoms with Gasteiger partial charge in [-0.05, 0) is 64.4 Å². The van der Waals surface area contributed by atoms with Crippen molar-refractivity contribution in [3.05, 3.63) is 102 Å². The van der Waals surface area contributed by atoms with Crippen LogP contribution in [0.3, 0.4) is 0 Å². The molecule has 0 N–H and O–H groups in total. The molecule has 1 unspecified atom stereocenters. The van der Waals surface area contributed by atoms with Crippen molar-refractivity contribution in [1.29, 1.82) is 0 Å². The Hall–Kier alpha value is -2.34.